The predicted molar refractivity (Wildman–Crippen MR) is 155 cm³/mol. The number of fused-ring (bicyclic) bond motifs is 2. The molecule has 3 aliphatic heterocycles. The van der Waals surface area contributed by atoms with E-state index in [9.17, 15) is 27.9 Å². The van der Waals surface area contributed by atoms with E-state index in [1.165, 1.54) is 33.5 Å². The molecule has 2 fully saturated rings. The molecule has 0 aliphatic carbocycles. The first-order chi connectivity index (χ1) is 19.6. The lowest BCUT2D eigenvalue weighted by atomic mass is 9.82. The number of benzene rings is 2. The van der Waals surface area contributed by atoms with Gasteiger partial charge in [0.2, 0.25) is 10.0 Å². The third-order valence-electron chi connectivity index (χ3n) is 8.09. The van der Waals surface area contributed by atoms with Crippen molar-refractivity contribution in [2.45, 2.75) is 43.0 Å². The van der Waals surface area contributed by atoms with Crippen LogP contribution in [-0.4, -0.2) is 92.0 Å². The van der Waals surface area contributed by atoms with Gasteiger partial charge in [-0.3, -0.25) is 14.4 Å². The average Bonchev–Trinajstić information content (AvgIpc) is 3.35. The van der Waals surface area contributed by atoms with Gasteiger partial charge in [-0.05, 0) is 51.6 Å². The zero-order valence-electron chi connectivity index (χ0n) is 23.7. The Labute approximate surface area is 240 Å². The van der Waals surface area contributed by atoms with Crippen LogP contribution in [0.1, 0.15) is 43.7 Å². The maximum atomic E-state index is 14.4. The van der Waals surface area contributed by atoms with Gasteiger partial charge in [0, 0.05) is 43.9 Å². The highest BCUT2D eigenvalue weighted by atomic mass is 32.2. The highest BCUT2D eigenvalue weighted by Crippen LogP contribution is 2.53. The number of aliphatic hydroxyl groups excluding tert-OH is 1. The largest absolute Gasteiger partial charge is 0.507 e. The van der Waals surface area contributed by atoms with Crippen molar-refractivity contribution in [3.8, 4) is 0 Å². The fourth-order valence-corrected chi connectivity index (χ4v) is 7.68. The molecular weight excluding hydrogens is 544 g/mol. The number of aliphatic hydroxyl groups is 1. The van der Waals surface area contributed by atoms with E-state index in [1.807, 2.05) is 25.9 Å². The van der Waals surface area contributed by atoms with Gasteiger partial charge in [0.25, 0.3) is 17.6 Å². The SMILES string of the molecule is CCCN1C(=O)[C@]2(C(=C(O)c3cccc(S(=O)(=O)N4CCCCC4)c3)C(=O)C(=O)N2CCN(C)C)c2ccccc21. The normalized spacial score (nSPS) is 22.8. The zero-order chi connectivity index (χ0) is 29.5. The van der Waals surface area contributed by atoms with Crippen molar-refractivity contribution in [2.75, 3.05) is 51.7 Å². The lowest BCUT2D eigenvalue weighted by molar-refractivity contribution is -0.143. The number of likely N-dealkylation sites (tertiary alicyclic amines) is 1. The number of para-hydroxylation sites is 1. The highest BCUT2D eigenvalue weighted by Gasteiger charge is 2.66. The van der Waals surface area contributed by atoms with Crippen LogP contribution in [0.25, 0.3) is 5.76 Å². The molecule has 41 heavy (non-hydrogen) atoms. The van der Waals surface area contributed by atoms with Crippen molar-refractivity contribution < 1.29 is 27.9 Å². The van der Waals surface area contributed by atoms with Crippen LogP contribution >= 0.6 is 0 Å². The van der Waals surface area contributed by atoms with Gasteiger partial charge in [-0.25, -0.2) is 8.42 Å². The lowest BCUT2D eigenvalue weighted by Gasteiger charge is -2.35. The summed E-state index contributed by atoms with van der Waals surface area (Å²) in [5.74, 6) is -2.93. The number of hydrogen-bond acceptors (Lipinski definition) is 7. The first-order valence-corrected chi connectivity index (χ1v) is 15.5. The van der Waals surface area contributed by atoms with Gasteiger partial charge in [0.15, 0.2) is 5.54 Å². The van der Waals surface area contributed by atoms with Crippen LogP contribution in [-0.2, 0) is 29.9 Å². The molecule has 2 saturated heterocycles. The van der Waals surface area contributed by atoms with Crippen molar-refractivity contribution in [2.24, 2.45) is 0 Å². The van der Waals surface area contributed by atoms with Crippen molar-refractivity contribution in [3.63, 3.8) is 0 Å². The van der Waals surface area contributed by atoms with E-state index in [-0.39, 0.29) is 22.6 Å². The second-order valence-corrected chi connectivity index (χ2v) is 12.9. The van der Waals surface area contributed by atoms with Gasteiger partial charge >= 0.3 is 0 Å². The summed E-state index contributed by atoms with van der Waals surface area (Å²) in [7, 11) is -0.192. The van der Waals surface area contributed by atoms with E-state index in [0.717, 1.165) is 19.3 Å². The highest BCUT2D eigenvalue weighted by molar-refractivity contribution is 7.89. The number of rotatable bonds is 8. The lowest BCUT2D eigenvalue weighted by Crippen LogP contribution is -2.53. The summed E-state index contributed by atoms with van der Waals surface area (Å²) in [4.78, 5) is 46.5. The quantitative estimate of drug-likeness (QED) is 0.290. The third-order valence-corrected chi connectivity index (χ3v) is 9.98. The Bertz CT molecular complexity index is 1530. The average molecular weight is 581 g/mol. The number of nitrogens with zero attached hydrogens (tertiary/aromatic N) is 4. The van der Waals surface area contributed by atoms with E-state index < -0.39 is 38.9 Å². The smallest absolute Gasteiger partial charge is 0.296 e. The molecular formula is C30H36N4O6S. The van der Waals surface area contributed by atoms with Gasteiger partial charge in [0.1, 0.15) is 5.76 Å². The van der Waals surface area contributed by atoms with Crippen LogP contribution in [0.15, 0.2) is 59.0 Å². The van der Waals surface area contributed by atoms with Crippen molar-refractivity contribution in [1.82, 2.24) is 14.1 Å². The van der Waals surface area contributed by atoms with Gasteiger partial charge in [-0.15, -0.1) is 0 Å². The molecule has 0 unspecified atom stereocenters. The summed E-state index contributed by atoms with van der Waals surface area (Å²) in [6.07, 6.45) is 3.14. The van der Waals surface area contributed by atoms with E-state index in [2.05, 4.69) is 0 Å². The standard InChI is InChI=1S/C30H36N4O6S/c1-4-15-33-24-14-7-6-13-23(24)30(29(33)38)25(27(36)28(37)34(30)19-18-31(2)3)26(35)21-11-10-12-22(20-21)41(39,40)32-16-8-5-9-17-32/h6-7,10-14,20,35H,4-5,8-9,15-19H2,1-3H3/t30-/m1/s1. The number of sulfonamides is 1. The van der Waals surface area contributed by atoms with Gasteiger partial charge in [-0.2, -0.15) is 4.31 Å². The number of amides is 2. The molecule has 10 nitrogen and oxygen atoms in total. The number of anilines is 1. The second-order valence-electron chi connectivity index (χ2n) is 11.0. The number of likely N-dealkylation sites (N-methyl/N-ethyl adjacent to an activating group) is 1. The van der Waals surface area contributed by atoms with Crippen LogP contribution in [0.5, 0.6) is 0 Å². The first kappa shape index (κ1) is 29.0. The molecule has 0 saturated carbocycles. The fourth-order valence-electron chi connectivity index (χ4n) is 6.11. The number of carbonyl (C=O) groups is 3. The minimum Gasteiger partial charge on any atom is -0.507 e. The fraction of sp³-hybridized carbons (Fsp3) is 0.433. The first-order valence-electron chi connectivity index (χ1n) is 14.0. The van der Waals surface area contributed by atoms with Crippen LogP contribution < -0.4 is 4.90 Å². The topological polar surface area (TPSA) is 119 Å². The monoisotopic (exact) mass is 580 g/mol. The second kappa shape index (κ2) is 11.0. The maximum absolute atomic E-state index is 14.4. The zero-order valence-corrected chi connectivity index (χ0v) is 24.5. The Morgan fingerprint density at radius 2 is 1.68 bits per heavy atom. The summed E-state index contributed by atoms with van der Waals surface area (Å²) < 4.78 is 28.3. The minimum atomic E-state index is -3.84. The molecule has 2 aromatic carbocycles. The van der Waals surface area contributed by atoms with Crippen molar-refractivity contribution in [1.29, 1.82) is 0 Å². The Morgan fingerprint density at radius 1 is 0.976 bits per heavy atom. The van der Waals surface area contributed by atoms with E-state index >= 15 is 0 Å². The third kappa shape index (κ3) is 4.56. The molecule has 5 rings (SSSR count). The molecule has 1 spiro atoms. The molecule has 11 heteroatoms. The van der Waals surface area contributed by atoms with E-state index in [1.54, 1.807) is 29.2 Å². The Balaban J connectivity index is 1.72. The molecule has 1 atom stereocenters. The molecule has 0 aromatic heterocycles. The molecule has 0 bridgehead atoms. The molecule has 1 N–H and O–H groups in total. The van der Waals surface area contributed by atoms with Gasteiger partial charge < -0.3 is 19.8 Å². The molecule has 3 aliphatic rings. The maximum Gasteiger partial charge on any atom is 0.296 e. The molecule has 3 heterocycles. The Kier molecular flexibility index (Phi) is 7.80. The van der Waals surface area contributed by atoms with Crippen LogP contribution in [0.2, 0.25) is 0 Å². The molecule has 0 radical (unpaired) electrons. The van der Waals surface area contributed by atoms with Crippen molar-refractivity contribution >= 4 is 39.1 Å². The van der Waals surface area contributed by atoms with Crippen LogP contribution in [0.3, 0.4) is 0 Å². The van der Waals surface area contributed by atoms with E-state index in [0.29, 0.717) is 43.9 Å². The summed E-state index contributed by atoms with van der Waals surface area (Å²) in [6.45, 7) is 3.56. The Morgan fingerprint density at radius 3 is 2.37 bits per heavy atom. The number of ketones is 1. The summed E-state index contributed by atoms with van der Waals surface area (Å²) in [6, 6.07) is 12.8. The summed E-state index contributed by atoms with van der Waals surface area (Å²) >= 11 is 0. The van der Waals surface area contributed by atoms with Gasteiger partial charge in [-0.1, -0.05) is 43.7 Å². The minimum absolute atomic E-state index is 0.0231. The summed E-state index contributed by atoms with van der Waals surface area (Å²) in [5, 5.41) is 11.8. The number of Topliss-reactive ketones (excluding diaryl/α,β-unsaturated/α-hetero) is 1. The van der Waals surface area contributed by atoms with Crippen LogP contribution in [0, 0.1) is 0 Å². The number of piperidine rings is 1. The van der Waals surface area contributed by atoms with E-state index in [4.69, 9.17) is 0 Å². The number of hydrogen-bond donors (Lipinski definition) is 1. The number of carbonyl (C=O) groups excluding carboxylic acids is 3. The molecule has 2 aromatic rings. The van der Waals surface area contributed by atoms with Crippen LogP contribution in [0.4, 0.5) is 5.69 Å². The molecule has 2 amide bonds. The van der Waals surface area contributed by atoms with Crippen molar-refractivity contribution in [3.05, 3.63) is 65.2 Å². The molecule has 218 valence electrons. The van der Waals surface area contributed by atoms with Gasteiger partial charge in [0.05, 0.1) is 16.2 Å². The predicted octanol–water partition coefficient (Wildman–Crippen LogP) is 2.76. The Hall–Kier alpha value is -3.54. The summed E-state index contributed by atoms with van der Waals surface area (Å²) in [5.41, 5.74) is -1.16.